The molecule has 1 fully saturated rings. The van der Waals surface area contributed by atoms with E-state index in [1.165, 1.54) is 30.5 Å². The number of hydrogen-bond donors (Lipinski definition) is 2. The number of aromatic nitrogens is 1. The molecule has 6 nitrogen and oxygen atoms in total. The fraction of sp³-hybridized carbons (Fsp3) is 0.409. The topological polar surface area (TPSA) is 85.1 Å². The molecule has 1 aromatic carbocycles. The van der Waals surface area contributed by atoms with Gasteiger partial charge in [-0.3, -0.25) is 9.59 Å². The molecular weight excluding hydrogens is 373 g/mol. The summed E-state index contributed by atoms with van der Waals surface area (Å²) in [6.07, 6.45) is 3.02. The van der Waals surface area contributed by atoms with Gasteiger partial charge in [0.15, 0.2) is 6.20 Å². The second kappa shape index (κ2) is 8.19. The molecule has 7 heteroatoms. The van der Waals surface area contributed by atoms with Crippen molar-refractivity contribution in [3.63, 3.8) is 0 Å². The number of amides is 2. The van der Waals surface area contributed by atoms with Gasteiger partial charge < -0.3 is 15.8 Å². The molecule has 1 heterocycles. The summed E-state index contributed by atoms with van der Waals surface area (Å²) in [4.78, 5) is 24.7. The highest BCUT2D eigenvalue weighted by Crippen LogP contribution is 2.26. The molecule has 0 saturated heterocycles. The lowest BCUT2D eigenvalue weighted by Gasteiger charge is -2.17. The fourth-order valence-corrected chi connectivity index (χ4v) is 2.85. The van der Waals surface area contributed by atoms with Crippen LogP contribution in [-0.2, 0) is 0 Å². The lowest BCUT2D eigenvalue weighted by atomic mass is 10.00. The fourth-order valence-electron chi connectivity index (χ4n) is 2.85. The van der Waals surface area contributed by atoms with Gasteiger partial charge in [-0.15, -0.1) is 0 Å². The maximum atomic E-state index is 14.4. The molecule has 0 spiro atoms. The Labute approximate surface area is 169 Å². The van der Waals surface area contributed by atoms with Gasteiger partial charge in [0.05, 0.1) is 5.56 Å². The van der Waals surface area contributed by atoms with Crippen LogP contribution < -0.4 is 15.4 Å². The van der Waals surface area contributed by atoms with Crippen LogP contribution in [0, 0.1) is 23.9 Å². The van der Waals surface area contributed by atoms with E-state index in [2.05, 4.69) is 10.6 Å². The van der Waals surface area contributed by atoms with Crippen molar-refractivity contribution in [2.75, 3.05) is 0 Å². The van der Waals surface area contributed by atoms with Crippen LogP contribution in [-0.4, -0.2) is 23.9 Å². The minimum Gasteiger partial charge on any atom is -0.618 e. The number of rotatable bonds is 6. The molecular formula is C22H26FN3O3. The molecule has 1 aliphatic rings. The zero-order valence-electron chi connectivity index (χ0n) is 17.1. The maximum Gasteiger partial charge on any atom is 0.257 e. The highest BCUT2D eigenvalue weighted by atomic mass is 19.1. The number of carbonyl (C=O) groups excluding carboxylic acids is 2. The number of pyridine rings is 1. The van der Waals surface area contributed by atoms with E-state index in [9.17, 15) is 19.2 Å². The van der Waals surface area contributed by atoms with Crippen LogP contribution in [0.25, 0.3) is 11.3 Å². The molecule has 154 valence electrons. The van der Waals surface area contributed by atoms with Crippen LogP contribution in [0.2, 0.25) is 0 Å². The summed E-state index contributed by atoms with van der Waals surface area (Å²) in [5.74, 6) is -1.00. The number of carbonyl (C=O) groups is 2. The predicted molar refractivity (Wildman–Crippen MR) is 108 cm³/mol. The molecule has 0 bridgehead atoms. The Morgan fingerprint density at radius 2 is 1.83 bits per heavy atom. The summed E-state index contributed by atoms with van der Waals surface area (Å²) in [7, 11) is 0. The van der Waals surface area contributed by atoms with E-state index in [0.717, 1.165) is 12.8 Å². The molecule has 2 aromatic rings. The third-order valence-electron chi connectivity index (χ3n) is 5.33. The Morgan fingerprint density at radius 1 is 1.14 bits per heavy atom. The monoisotopic (exact) mass is 399 g/mol. The van der Waals surface area contributed by atoms with Crippen molar-refractivity contribution in [2.45, 2.75) is 52.6 Å². The first-order valence-corrected chi connectivity index (χ1v) is 9.82. The minimum atomic E-state index is -0.559. The number of nitrogens with one attached hydrogen (secondary N) is 2. The lowest BCUT2D eigenvalue weighted by Crippen LogP contribution is -2.38. The first-order valence-electron chi connectivity index (χ1n) is 9.82. The van der Waals surface area contributed by atoms with Crippen molar-refractivity contribution < 1.29 is 18.7 Å². The Kier molecular flexibility index (Phi) is 5.86. The molecule has 2 N–H and O–H groups in total. The summed E-state index contributed by atoms with van der Waals surface area (Å²) in [5, 5.41) is 18.3. The highest BCUT2D eigenvalue weighted by molar-refractivity contribution is 5.96. The zero-order chi connectivity index (χ0) is 21.3. The Hall–Kier alpha value is -2.96. The Bertz CT molecular complexity index is 955. The van der Waals surface area contributed by atoms with Gasteiger partial charge in [-0.05, 0) is 56.4 Å². The van der Waals surface area contributed by atoms with Gasteiger partial charge in [-0.2, -0.15) is 4.73 Å². The molecule has 0 unspecified atom stereocenters. The largest absolute Gasteiger partial charge is 0.618 e. The van der Waals surface area contributed by atoms with Gasteiger partial charge in [-0.1, -0.05) is 13.8 Å². The van der Waals surface area contributed by atoms with E-state index in [1.54, 1.807) is 6.92 Å². The molecule has 0 aliphatic heterocycles. The lowest BCUT2D eigenvalue weighted by molar-refractivity contribution is -0.593. The van der Waals surface area contributed by atoms with Crippen molar-refractivity contribution in [3.8, 4) is 11.3 Å². The number of hydrogen-bond acceptors (Lipinski definition) is 3. The maximum absolute atomic E-state index is 14.4. The van der Waals surface area contributed by atoms with E-state index < -0.39 is 5.82 Å². The Balaban J connectivity index is 1.91. The van der Waals surface area contributed by atoms with Gasteiger partial charge in [0.25, 0.3) is 11.8 Å². The third-order valence-corrected chi connectivity index (χ3v) is 5.33. The van der Waals surface area contributed by atoms with E-state index in [0.29, 0.717) is 10.3 Å². The van der Waals surface area contributed by atoms with Gasteiger partial charge >= 0.3 is 0 Å². The summed E-state index contributed by atoms with van der Waals surface area (Å²) < 4.78 is 15.0. The summed E-state index contributed by atoms with van der Waals surface area (Å²) in [6.45, 7) is 7.43. The second-order valence-corrected chi connectivity index (χ2v) is 8.01. The van der Waals surface area contributed by atoms with Crippen LogP contribution in [0.5, 0.6) is 0 Å². The van der Waals surface area contributed by atoms with E-state index in [1.807, 2.05) is 20.8 Å². The molecule has 3 rings (SSSR count). The standard InChI is InChI=1S/C22H26FN3O3/c1-12(2)14(4)24-21(27)15-5-8-20(26(29)11-15)18-9-16(10-19(23)13(18)3)22(28)25-17-6-7-17/h5,8-12,14,17H,6-7H2,1-4H3,(H,24,27)(H,25,28)/t14-/m0/s1. The molecule has 0 radical (unpaired) electrons. The van der Waals surface area contributed by atoms with Crippen LogP contribution in [0.3, 0.4) is 0 Å². The predicted octanol–water partition coefficient (Wildman–Crippen LogP) is 3.10. The average Bonchev–Trinajstić information content (AvgIpc) is 3.47. The smallest absolute Gasteiger partial charge is 0.257 e. The molecule has 1 aliphatic carbocycles. The number of halogens is 1. The van der Waals surface area contributed by atoms with Crippen LogP contribution in [0.4, 0.5) is 4.39 Å². The molecule has 1 aromatic heterocycles. The number of nitrogens with zero attached hydrogens (tertiary/aromatic N) is 1. The van der Waals surface area contributed by atoms with Crippen LogP contribution >= 0.6 is 0 Å². The number of benzene rings is 1. The van der Waals surface area contributed by atoms with E-state index >= 15 is 0 Å². The zero-order valence-corrected chi connectivity index (χ0v) is 17.1. The van der Waals surface area contributed by atoms with Gasteiger partial charge in [0.1, 0.15) is 11.4 Å². The first kappa shape index (κ1) is 20.8. The van der Waals surface area contributed by atoms with Gasteiger partial charge in [-0.25, -0.2) is 4.39 Å². The van der Waals surface area contributed by atoms with E-state index in [4.69, 9.17) is 0 Å². The second-order valence-electron chi connectivity index (χ2n) is 8.01. The summed E-state index contributed by atoms with van der Waals surface area (Å²) in [5.41, 5.74) is 1.15. The summed E-state index contributed by atoms with van der Waals surface area (Å²) >= 11 is 0. The van der Waals surface area contributed by atoms with Crippen molar-refractivity contribution in [2.24, 2.45) is 5.92 Å². The summed E-state index contributed by atoms with van der Waals surface area (Å²) in [6, 6.07) is 5.81. The van der Waals surface area contributed by atoms with E-state index in [-0.39, 0.29) is 52.2 Å². The van der Waals surface area contributed by atoms with Crippen molar-refractivity contribution in [3.05, 3.63) is 58.2 Å². The highest BCUT2D eigenvalue weighted by Gasteiger charge is 2.26. The molecule has 1 saturated carbocycles. The minimum absolute atomic E-state index is 0.0414. The molecule has 29 heavy (non-hydrogen) atoms. The van der Waals surface area contributed by atoms with Gasteiger partial charge in [0, 0.05) is 23.7 Å². The van der Waals surface area contributed by atoms with Crippen LogP contribution in [0.15, 0.2) is 30.5 Å². The van der Waals surface area contributed by atoms with Crippen molar-refractivity contribution >= 4 is 11.8 Å². The quantitative estimate of drug-likeness (QED) is 0.578. The molecule has 2 amide bonds. The molecule has 1 atom stereocenters. The van der Waals surface area contributed by atoms with Crippen molar-refractivity contribution in [1.29, 1.82) is 0 Å². The van der Waals surface area contributed by atoms with Crippen LogP contribution in [0.1, 0.15) is 59.9 Å². The first-order chi connectivity index (χ1) is 13.7. The van der Waals surface area contributed by atoms with Crippen molar-refractivity contribution in [1.82, 2.24) is 10.6 Å². The third kappa shape index (κ3) is 4.72. The van der Waals surface area contributed by atoms with Gasteiger partial charge in [0.2, 0.25) is 5.69 Å². The Morgan fingerprint density at radius 3 is 2.41 bits per heavy atom. The average molecular weight is 399 g/mol. The SMILES string of the molecule is Cc1c(F)cc(C(=O)NC2CC2)cc1-c1ccc(C(=O)N[C@@H](C)C(C)C)c[n+]1[O-]. The normalized spacial score (nSPS) is 14.6.